The van der Waals surface area contributed by atoms with E-state index in [0.29, 0.717) is 59.4 Å². The smallest absolute Gasteiger partial charge is 0.161 e. The Balaban J connectivity index is 1.32. The molecule has 0 amide bonds. The van der Waals surface area contributed by atoms with E-state index in [1.54, 1.807) is 42.6 Å². The Morgan fingerprint density at radius 1 is 1.04 bits per heavy atom. The minimum atomic E-state index is -0.687. The Hall–Kier alpha value is -5.10. The third-order valence-electron chi connectivity index (χ3n) is 8.87. The van der Waals surface area contributed by atoms with Gasteiger partial charge in [-0.15, -0.1) is 5.76 Å². The van der Waals surface area contributed by atoms with Crippen molar-refractivity contribution in [2.75, 3.05) is 6.61 Å². The highest BCUT2D eigenvalue weighted by atomic mass is 16.5. The van der Waals surface area contributed by atoms with Crippen LogP contribution in [-0.2, 0) is 17.6 Å². The molecule has 3 aromatic rings. The molecule has 0 saturated heterocycles. The molecule has 49 heavy (non-hydrogen) atoms. The molecule has 0 bridgehead atoms. The van der Waals surface area contributed by atoms with Crippen LogP contribution < -0.4 is 21.3 Å². The summed E-state index contributed by atoms with van der Waals surface area (Å²) in [5.41, 5.74) is 17.7. The van der Waals surface area contributed by atoms with Gasteiger partial charge in [-0.25, -0.2) is 0 Å². The van der Waals surface area contributed by atoms with E-state index < -0.39 is 12.1 Å². The lowest BCUT2D eigenvalue weighted by Gasteiger charge is -2.27. The van der Waals surface area contributed by atoms with Crippen molar-refractivity contribution in [1.82, 2.24) is 0 Å². The van der Waals surface area contributed by atoms with E-state index in [2.05, 4.69) is 23.8 Å². The van der Waals surface area contributed by atoms with E-state index >= 15 is 0 Å². The molecule has 0 fully saturated rings. The predicted octanol–water partition coefficient (Wildman–Crippen LogP) is 6.13. The first-order valence-corrected chi connectivity index (χ1v) is 17.0. The number of carbonyl (C=O) groups excluding carboxylic acids is 1. The average Bonchev–Trinajstić information content (AvgIpc) is 3.57. The molecule has 0 spiro atoms. The van der Waals surface area contributed by atoms with Gasteiger partial charge in [0.05, 0.1) is 24.9 Å². The second-order valence-electron chi connectivity index (χ2n) is 12.5. The number of hydrogen-bond donors (Lipinski definition) is 4. The van der Waals surface area contributed by atoms with Crippen LogP contribution in [0.4, 0.5) is 0 Å². The number of aromatic hydroxyl groups is 2. The second-order valence-corrected chi connectivity index (χ2v) is 12.5. The first-order valence-electron chi connectivity index (χ1n) is 17.0. The minimum absolute atomic E-state index is 0.0213. The highest BCUT2D eigenvalue weighted by Crippen LogP contribution is 2.39. The highest BCUT2D eigenvalue weighted by Gasteiger charge is 2.23. The van der Waals surface area contributed by atoms with Crippen molar-refractivity contribution < 1.29 is 24.9 Å². The van der Waals surface area contributed by atoms with Crippen molar-refractivity contribution in [3.05, 3.63) is 124 Å². The zero-order valence-corrected chi connectivity index (χ0v) is 28.0. The molecule has 1 aliphatic heterocycles. The molecule has 254 valence electrons. The first-order chi connectivity index (χ1) is 23.7. The van der Waals surface area contributed by atoms with Gasteiger partial charge in [0.2, 0.25) is 0 Å². The number of nitrogens with zero attached hydrogens (tertiary/aromatic N) is 1. The Morgan fingerprint density at radius 2 is 1.84 bits per heavy atom. The van der Waals surface area contributed by atoms with Crippen molar-refractivity contribution >= 4 is 11.5 Å². The van der Waals surface area contributed by atoms with E-state index in [-0.39, 0.29) is 36.1 Å². The molecule has 1 aliphatic carbocycles. The lowest BCUT2D eigenvalue weighted by molar-refractivity contribution is -0.307. The molecule has 5 rings (SSSR count). The molecule has 0 radical (unpaired) electrons. The predicted molar refractivity (Wildman–Crippen MR) is 191 cm³/mol. The number of fused-ring (bicyclic) bond motifs is 2. The van der Waals surface area contributed by atoms with Crippen LogP contribution >= 0.6 is 0 Å². The lowest BCUT2D eigenvalue weighted by Crippen LogP contribution is -2.21. The summed E-state index contributed by atoms with van der Waals surface area (Å²) < 4.78 is 6.00. The maximum atomic E-state index is 13.6. The number of hydrogen-bond acceptors (Lipinski definition) is 8. The Kier molecular flexibility index (Phi) is 12.1. The fraction of sp³-hybridized carbons (Fsp3) is 0.317. The van der Waals surface area contributed by atoms with Crippen molar-refractivity contribution in [3.63, 3.8) is 0 Å². The number of aryl methyl sites for hydroxylation is 1. The summed E-state index contributed by atoms with van der Waals surface area (Å²) in [6.45, 7) is 2.41. The van der Waals surface area contributed by atoms with Crippen LogP contribution in [0, 0.1) is 11.8 Å². The number of aliphatic imine (C=N–C) groups is 1. The van der Waals surface area contributed by atoms with Crippen LogP contribution in [0.15, 0.2) is 95.3 Å². The molecule has 8 heteroatoms. The van der Waals surface area contributed by atoms with E-state index in [1.807, 2.05) is 36.4 Å². The molecule has 6 N–H and O–H groups in total. The summed E-state index contributed by atoms with van der Waals surface area (Å²) >= 11 is 0. The molecule has 0 saturated carbocycles. The van der Waals surface area contributed by atoms with Gasteiger partial charge in [-0.3, -0.25) is 9.79 Å². The van der Waals surface area contributed by atoms with Crippen LogP contribution in [0.5, 0.6) is 17.2 Å². The van der Waals surface area contributed by atoms with Gasteiger partial charge >= 0.3 is 0 Å². The molecule has 0 unspecified atom stereocenters. The van der Waals surface area contributed by atoms with Crippen LogP contribution in [0.2, 0.25) is 0 Å². The number of phenolic OH excluding ortho intramolecular Hbond substituents is 2. The topological polar surface area (TPSA) is 154 Å². The van der Waals surface area contributed by atoms with Crippen molar-refractivity contribution in [3.8, 4) is 29.1 Å². The van der Waals surface area contributed by atoms with Gasteiger partial charge in [0.25, 0.3) is 0 Å². The molecule has 1 atom stereocenters. The van der Waals surface area contributed by atoms with Gasteiger partial charge in [-0.1, -0.05) is 68.0 Å². The zero-order valence-electron chi connectivity index (χ0n) is 28.0. The average molecular weight is 659 g/mol. The fourth-order valence-electron chi connectivity index (χ4n) is 6.09. The van der Waals surface area contributed by atoms with Crippen LogP contribution in [-0.4, -0.2) is 28.3 Å². The van der Waals surface area contributed by atoms with Gasteiger partial charge in [0.1, 0.15) is 5.75 Å². The van der Waals surface area contributed by atoms with Gasteiger partial charge in [-0.05, 0) is 89.9 Å². The van der Waals surface area contributed by atoms with E-state index in [4.69, 9.17) is 16.2 Å². The van der Waals surface area contributed by atoms with Crippen molar-refractivity contribution in [2.45, 2.75) is 76.8 Å². The number of nitrogens with two attached hydrogens (primary N) is 2. The third kappa shape index (κ3) is 9.29. The summed E-state index contributed by atoms with van der Waals surface area (Å²) in [6, 6.07) is 16.1. The summed E-state index contributed by atoms with van der Waals surface area (Å²) in [7, 11) is 0. The SMILES string of the molecule is CCCCC/C=C/C(=O)CCc1ccc(O)c(OCCc2ccc(O)c([C@H]3CC([O-])=C4C=CN=C4CC#Cc4cc(C(N)N)ccc43)c2)c1. The number of ether oxygens (including phenoxy) is 1. The molecular formula is C41H44N3O5-. The maximum absolute atomic E-state index is 13.6. The van der Waals surface area contributed by atoms with Crippen LogP contribution in [0.1, 0.15) is 97.3 Å². The van der Waals surface area contributed by atoms with Gasteiger partial charge in [0, 0.05) is 36.1 Å². The number of carbonyl (C=O) groups is 1. The van der Waals surface area contributed by atoms with Crippen LogP contribution in [0.25, 0.3) is 0 Å². The van der Waals surface area contributed by atoms with Crippen LogP contribution in [0.3, 0.4) is 0 Å². The summed E-state index contributed by atoms with van der Waals surface area (Å²) in [6.07, 6.45) is 12.4. The second kappa shape index (κ2) is 16.8. The molecular weight excluding hydrogens is 614 g/mol. The van der Waals surface area contributed by atoms with Gasteiger partial charge in [-0.2, -0.15) is 0 Å². The Bertz CT molecular complexity index is 1860. The van der Waals surface area contributed by atoms with Gasteiger partial charge < -0.3 is 31.5 Å². The highest BCUT2D eigenvalue weighted by molar-refractivity contribution is 6.06. The first kappa shape index (κ1) is 35.2. The normalized spacial score (nSPS) is 15.5. The zero-order chi connectivity index (χ0) is 34.8. The van der Waals surface area contributed by atoms with Gasteiger partial charge in [0.15, 0.2) is 17.3 Å². The molecule has 0 aromatic heterocycles. The molecule has 2 aliphatic rings. The standard InChI is InChI=1S/C41H45N3O5/c1-2-3-4-5-6-9-31(45)15-11-27-13-18-38(47)40(24-27)49-22-20-28-12-17-37(46)35(23-28)34-26-39(48)33-19-21-44-36(33)10-7-8-29-25-30(41(42)43)14-16-32(29)34/h6,9,12-14,16-19,21,23-25,34,41,46-48H,2-5,10-11,15,20,22,26,42-43H2,1H3/p-1/b9-6+,39-33?/t34-/m0/s1. The third-order valence-corrected chi connectivity index (χ3v) is 8.87. The Labute approximate surface area is 288 Å². The fourth-order valence-corrected chi connectivity index (χ4v) is 6.09. The number of rotatable bonds is 14. The molecule has 8 nitrogen and oxygen atoms in total. The Morgan fingerprint density at radius 3 is 2.63 bits per heavy atom. The summed E-state index contributed by atoms with van der Waals surface area (Å²) in [5.74, 6) is 6.32. The number of ketones is 1. The number of allylic oxidation sites excluding steroid dienone is 5. The quantitative estimate of drug-likeness (QED) is 0.0703. The summed E-state index contributed by atoms with van der Waals surface area (Å²) in [4.78, 5) is 16.7. The summed E-state index contributed by atoms with van der Waals surface area (Å²) in [5, 5.41) is 35.2. The van der Waals surface area contributed by atoms with E-state index in [0.717, 1.165) is 42.4 Å². The molecule has 3 aromatic carbocycles. The van der Waals surface area contributed by atoms with Crippen molar-refractivity contribution in [1.29, 1.82) is 0 Å². The van der Waals surface area contributed by atoms with Crippen molar-refractivity contribution in [2.24, 2.45) is 16.5 Å². The largest absolute Gasteiger partial charge is 0.875 e. The lowest BCUT2D eigenvalue weighted by atomic mass is 9.82. The number of unbranched alkanes of at least 4 members (excludes halogenated alkanes) is 3. The van der Waals surface area contributed by atoms with E-state index in [9.17, 15) is 20.1 Å². The number of phenols is 2. The van der Waals surface area contributed by atoms with E-state index in [1.165, 1.54) is 0 Å². The minimum Gasteiger partial charge on any atom is -0.875 e. The number of benzene rings is 3. The molecule has 1 heterocycles. The monoisotopic (exact) mass is 658 g/mol. The maximum Gasteiger partial charge on any atom is 0.161 e.